The molecule has 0 atom stereocenters. The van der Waals surface area contributed by atoms with E-state index >= 15 is 0 Å². The third-order valence-corrected chi connectivity index (χ3v) is 5.52. The molecule has 1 heterocycles. The molecule has 0 bridgehead atoms. The van der Waals surface area contributed by atoms with Crippen molar-refractivity contribution in [2.75, 3.05) is 10.6 Å². The van der Waals surface area contributed by atoms with Gasteiger partial charge in [0.15, 0.2) is 5.13 Å². The van der Waals surface area contributed by atoms with Crippen LogP contribution >= 0.6 is 11.3 Å². The van der Waals surface area contributed by atoms with Crippen molar-refractivity contribution in [1.82, 2.24) is 4.98 Å². The highest BCUT2D eigenvalue weighted by molar-refractivity contribution is 7.14. The van der Waals surface area contributed by atoms with E-state index in [1.165, 1.54) is 42.5 Å². The maximum Gasteiger partial charge on any atom is 0.350 e. The van der Waals surface area contributed by atoms with Crippen molar-refractivity contribution in [3.8, 4) is 11.3 Å². The Bertz CT molecular complexity index is 1340. The molecule has 1 aromatic heterocycles. The molecule has 0 radical (unpaired) electrons. The summed E-state index contributed by atoms with van der Waals surface area (Å²) in [6.45, 7) is 0. The zero-order chi connectivity index (χ0) is 24.3. The van der Waals surface area contributed by atoms with Crippen LogP contribution in [0.5, 0.6) is 0 Å². The Morgan fingerprint density at radius 2 is 1.53 bits per heavy atom. The molecule has 4 rings (SSSR count). The number of carbonyl (C=O) groups excluding carboxylic acids is 2. The van der Waals surface area contributed by atoms with Crippen molar-refractivity contribution in [3.05, 3.63) is 101 Å². The van der Waals surface area contributed by atoms with Crippen molar-refractivity contribution < 1.29 is 27.2 Å². The largest absolute Gasteiger partial charge is 0.350 e. The summed E-state index contributed by atoms with van der Waals surface area (Å²) >= 11 is 1.08. The first-order valence-electron chi connectivity index (χ1n) is 9.81. The van der Waals surface area contributed by atoms with Gasteiger partial charge in [0.1, 0.15) is 11.6 Å². The van der Waals surface area contributed by atoms with E-state index in [4.69, 9.17) is 0 Å². The van der Waals surface area contributed by atoms with Gasteiger partial charge in [0.05, 0.1) is 16.9 Å². The van der Waals surface area contributed by atoms with Crippen molar-refractivity contribution >= 4 is 34.0 Å². The molecule has 3 aromatic carbocycles. The van der Waals surface area contributed by atoms with E-state index in [9.17, 15) is 27.2 Å². The van der Waals surface area contributed by atoms with Gasteiger partial charge in [-0.25, -0.2) is 13.8 Å². The Morgan fingerprint density at radius 1 is 0.853 bits per heavy atom. The van der Waals surface area contributed by atoms with Crippen molar-refractivity contribution in [2.45, 2.75) is 5.92 Å². The molecule has 0 aliphatic rings. The molecule has 0 spiro atoms. The fraction of sp³-hybridized carbons (Fsp3) is 0.0417. The number of anilines is 2. The number of nitrogens with one attached hydrogen (secondary N) is 2. The molecule has 172 valence electrons. The van der Waals surface area contributed by atoms with Gasteiger partial charge in [-0.05, 0) is 42.5 Å². The van der Waals surface area contributed by atoms with Crippen molar-refractivity contribution in [3.63, 3.8) is 0 Å². The molecular formula is C24H15F4N3O2S. The lowest BCUT2D eigenvalue weighted by Gasteiger charge is -2.17. The van der Waals surface area contributed by atoms with Crippen LogP contribution in [0.4, 0.5) is 28.4 Å². The maximum atomic E-state index is 14.6. The molecule has 10 heteroatoms. The first-order valence-corrected chi connectivity index (χ1v) is 10.7. The lowest BCUT2D eigenvalue weighted by molar-refractivity contribution is -0.140. The smallest absolute Gasteiger partial charge is 0.320 e. The predicted octanol–water partition coefficient (Wildman–Crippen LogP) is 6.07. The minimum Gasteiger partial charge on any atom is -0.320 e. The highest BCUT2D eigenvalue weighted by Crippen LogP contribution is 2.31. The number of rotatable bonds is 6. The molecular weight excluding hydrogens is 470 g/mol. The molecule has 0 saturated carbocycles. The SMILES string of the molecule is O=C(Nc1nc(-c2ccc(F)cc2)cs1)c1ccc(F)cc1NC(=O)C(F)(F)c1ccccc1. The minimum atomic E-state index is -3.92. The Balaban J connectivity index is 1.54. The summed E-state index contributed by atoms with van der Waals surface area (Å²) in [7, 11) is 0. The topological polar surface area (TPSA) is 71.1 Å². The van der Waals surface area contributed by atoms with E-state index in [1.54, 1.807) is 5.38 Å². The third kappa shape index (κ3) is 4.96. The molecule has 2 N–H and O–H groups in total. The normalized spacial score (nSPS) is 11.2. The van der Waals surface area contributed by atoms with Crippen LogP contribution in [0.2, 0.25) is 0 Å². The van der Waals surface area contributed by atoms with Crippen LogP contribution in [0.15, 0.2) is 78.2 Å². The van der Waals surface area contributed by atoms with E-state index in [0.717, 1.165) is 41.7 Å². The van der Waals surface area contributed by atoms with Gasteiger partial charge in [-0.15, -0.1) is 11.3 Å². The molecule has 5 nitrogen and oxygen atoms in total. The van der Waals surface area contributed by atoms with Crippen LogP contribution in [0.25, 0.3) is 11.3 Å². The van der Waals surface area contributed by atoms with Gasteiger partial charge in [0.25, 0.3) is 11.8 Å². The number of aromatic nitrogens is 1. The molecule has 0 fully saturated rings. The number of amides is 2. The van der Waals surface area contributed by atoms with E-state index in [0.29, 0.717) is 11.3 Å². The lowest BCUT2D eigenvalue weighted by atomic mass is 10.1. The van der Waals surface area contributed by atoms with Gasteiger partial charge in [0, 0.05) is 16.5 Å². The molecule has 2 amide bonds. The summed E-state index contributed by atoms with van der Waals surface area (Å²) in [6, 6.07) is 14.8. The first-order chi connectivity index (χ1) is 16.2. The van der Waals surface area contributed by atoms with Gasteiger partial charge in [-0.1, -0.05) is 30.3 Å². The second-order valence-corrected chi connectivity index (χ2v) is 7.94. The predicted molar refractivity (Wildman–Crippen MR) is 121 cm³/mol. The fourth-order valence-electron chi connectivity index (χ4n) is 3.05. The van der Waals surface area contributed by atoms with Gasteiger partial charge in [-0.2, -0.15) is 8.78 Å². The van der Waals surface area contributed by atoms with Gasteiger partial charge < -0.3 is 5.32 Å². The first kappa shape index (κ1) is 23.1. The van der Waals surface area contributed by atoms with Crippen LogP contribution in [0, 0.1) is 11.6 Å². The molecule has 0 unspecified atom stereocenters. The summed E-state index contributed by atoms with van der Waals surface area (Å²) in [5.74, 6) is -7.66. The van der Waals surface area contributed by atoms with Gasteiger partial charge in [0.2, 0.25) is 0 Å². The number of hydrogen-bond acceptors (Lipinski definition) is 4. The average Bonchev–Trinajstić information content (AvgIpc) is 3.28. The van der Waals surface area contributed by atoms with Crippen LogP contribution in [-0.2, 0) is 10.7 Å². The Kier molecular flexibility index (Phi) is 6.42. The fourth-order valence-corrected chi connectivity index (χ4v) is 3.76. The van der Waals surface area contributed by atoms with Gasteiger partial charge in [-0.3, -0.25) is 14.9 Å². The van der Waals surface area contributed by atoms with E-state index in [1.807, 2.05) is 5.32 Å². The zero-order valence-electron chi connectivity index (χ0n) is 17.2. The summed E-state index contributed by atoms with van der Waals surface area (Å²) in [5, 5.41) is 6.25. The second-order valence-electron chi connectivity index (χ2n) is 7.08. The highest BCUT2D eigenvalue weighted by atomic mass is 32.1. The van der Waals surface area contributed by atoms with Crippen molar-refractivity contribution in [1.29, 1.82) is 0 Å². The molecule has 34 heavy (non-hydrogen) atoms. The zero-order valence-corrected chi connectivity index (χ0v) is 18.0. The summed E-state index contributed by atoms with van der Waals surface area (Å²) in [6.07, 6.45) is 0. The number of hydrogen-bond donors (Lipinski definition) is 2. The Labute approximate surface area is 195 Å². The molecule has 0 aliphatic heterocycles. The standard InChI is InChI=1S/C24H15F4N3O2S/c25-16-8-6-14(7-9-16)20-13-34-23(30-20)31-21(32)18-11-10-17(26)12-19(18)29-22(33)24(27,28)15-4-2-1-3-5-15/h1-13H,(H,29,33)(H,30,31,32). The quantitative estimate of drug-likeness (QED) is 0.326. The van der Waals surface area contributed by atoms with E-state index in [-0.39, 0.29) is 10.7 Å². The minimum absolute atomic E-state index is 0.167. The highest BCUT2D eigenvalue weighted by Gasteiger charge is 2.41. The third-order valence-electron chi connectivity index (χ3n) is 4.76. The molecule has 0 aliphatic carbocycles. The summed E-state index contributed by atoms with van der Waals surface area (Å²) in [4.78, 5) is 29.3. The monoisotopic (exact) mass is 485 g/mol. The second kappa shape index (κ2) is 9.44. The number of nitrogens with zero attached hydrogens (tertiary/aromatic N) is 1. The van der Waals surface area contributed by atoms with Crippen LogP contribution in [-0.4, -0.2) is 16.8 Å². The lowest BCUT2D eigenvalue weighted by Crippen LogP contribution is -2.33. The number of benzene rings is 3. The summed E-state index contributed by atoms with van der Waals surface area (Å²) < 4.78 is 56.1. The van der Waals surface area contributed by atoms with Crippen molar-refractivity contribution in [2.24, 2.45) is 0 Å². The van der Waals surface area contributed by atoms with E-state index < -0.39 is 40.6 Å². The number of halogens is 4. The van der Waals surface area contributed by atoms with E-state index in [2.05, 4.69) is 10.3 Å². The van der Waals surface area contributed by atoms with Crippen LogP contribution in [0.1, 0.15) is 15.9 Å². The number of thiazole rings is 1. The van der Waals surface area contributed by atoms with Crippen LogP contribution in [0.3, 0.4) is 0 Å². The molecule has 0 saturated heterocycles. The Hall–Kier alpha value is -4.05. The summed E-state index contributed by atoms with van der Waals surface area (Å²) in [5.41, 5.74) is -0.108. The number of carbonyl (C=O) groups is 2. The maximum absolute atomic E-state index is 14.6. The van der Waals surface area contributed by atoms with Gasteiger partial charge >= 0.3 is 5.92 Å². The average molecular weight is 485 g/mol. The molecule has 4 aromatic rings. The Morgan fingerprint density at radius 3 is 2.24 bits per heavy atom. The van der Waals surface area contributed by atoms with Crippen LogP contribution < -0.4 is 10.6 Å². The number of alkyl halides is 2.